The SMILES string of the molecule is C[I+]c1ccccc1.O=S(=O)([O-])C(F)(F)C(F)(F)F. The average Bonchev–Trinajstić information content (AvgIpc) is 2.28. The number of halogens is 6. The molecule has 0 aromatic heterocycles. The van der Waals surface area contributed by atoms with Crippen LogP contribution in [0.25, 0.3) is 0 Å². The fourth-order valence-electron chi connectivity index (χ4n) is 0.682. The fourth-order valence-corrected chi connectivity index (χ4v) is 2.10. The molecule has 0 heterocycles. The molecule has 0 bridgehead atoms. The van der Waals surface area contributed by atoms with Crippen molar-refractivity contribution in [1.29, 1.82) is 0 Å². The zero-order valence-corrected chi connectivity index (χ0v) is 12.3. The summed E-state index contributed by atoms with van der Waals surface area (Å²) in [6.07, 6.45) is -6.35. The third-order valence-electron chi connectivity index (χ3n) is 1.60. The van der Waals surface area contributed by atoms with Gasteiger partial charge in [0, 0.05) is 0 Å². The largest absolute Gasteiger partial charge is 0.743 e. The maximum absolute atomic E-state index is 11.4. The molecule has 0 saturated heterocycles. The van der Waals surface area contributed by atoms with Crippen LogP contribution >= 0.6 is 0 Å². The summed E-state index contributed by atoms with van der Waals surface area (Å²) in [5.41, 5.74) is 0. The standard InChI is InChI=1S/C7H8I.C2HF5O3S/c1-8-7-5-3-2-4-6-7;3-1(4,5)2(6,7)11(8,9)10/h2-6H,1H3;(H,8,9,10)/q+1;/p-1. The van der Waals surface area contributed by atoms with Crippen LogP contribution in [0.15, 0.2) is 30.3 Å². The second-order valence-electron chi connectivity index (χ2n) is 2.95. The van der Waals surface area contributed by atoms with Crippen LogP contribution in [0.4, 0.5) is 22.0 Å². The molecular weight excluding hydrogens is 410 g/mol. The smallest absolute Gasteiger partial charge is 0.468 e. The minimum absolute atomic E-state index is 0.309. The molecule has 0 aliphatic carbocycles. The molecule has 0 spiro atoms. The van der Waals surface area contributed by atoms with Crippen LogP contribution in [0.1, 0.15) is 0 Å². The molecule has 10 heteroatoms. The molecule has 0 saturated carbocycles. The predicted octanol–water partition coefficient (Wildman–Crippen LogP) is -0.738. The van der Waals surface area contributed by atoms with Gasteiger partial charge in [-0.15, -0.1) is 0 Å². The topological polar surface area (TPSA) is 57.2 Å². The first-order valence-electron chi connectivity index (χ1n) is 4.38. The molecule has 0 radical (unpaired) electrons. The quantitative estimate of drug-likeness (QED) is 0.275. The van der Waals surface area contributed by atoms with E-state index in [1.165, 1.54) is 3.57 Å². The molecule has 1 aromatic rings. The molecule has 19 heavy (non-hydrogen) atoms. The lowest BCUT2D eigenvalue weighted by molar-refractivity contribution is -0.597. The highest BCUT2D eigenvalue weighted by Crippen LogP contribution is 2.38. The summed E-state index contributed by atoms with van der Waals surface area (Å²) in [4.78, 5) is 2.27. The molecule has 1 rings (SSSR count). The van der Waals surface area contributed by atoms with E-state index in [0.717, 1.165) is 0 Å². The second kappa shape index (κ2) is 6.79. The molecular formula is C9H8F5IO3S. The third kappa shape index (κ3) is 5.57. The van der Waals surface area contributed by atoms with E-state index in [9.17, 15) is 34.9 Å². The summed E-state index contributed by atoms with van der Waals surface area (Å²) < 4.78 is 85.2. The number of alkyl halides is 6. The van der Waals surface area contributed by atoms with Gasteiger partial charge in [0.05, 0.1) is 0 Å². The van der Waals surface area contributed by atoms with Crippen LogP contribution in [0, 0.1) is 3.57 Å². The minimum atomic E-state index is -6.67. The molecule has 0 aliphatic rings. The van der Waals surface area contributed by atoms with Gasteiger partial charge in [0.15, 0.2) is 13.7 Å². The molecule has 1 aromatic carbocycles. The molecule has 0 unspecified atom stereocenters. The van der Waals surface area contributed by atoms with E-state index in [1.807, 2.05) is 0 Å². The van der Waals surface area contributed by atoms with E-state index in [2.05, 4.69) is 35.3 Å². The van der Waals surface area contributed by atoms with Gasteiger partial charge in [0.2, 0.25) is 0 Å². The summed E-state index contributed by atoms with van der Waals surface area (Å²) in [6, 6.07) is 10.6. The van der Waals surface area contributed by atoms with Crippen LogP contribution in [0.2, 0.25) is 0 Å². The van der Waals surface area contributed by atoms with Crippen LogP contribution in [-0.4, -0.2) is 29.3 Å². The zero-order valence-electron chi connectivity index (χ0n) is 9.29. The Hall–Kier alpha value is -0.490. The first-order chi connectivity index (χ1) is 8.43. The number of benzene rings is 1. The predicted molar refractivity (Wildman–Crippen MR) is 51.8 cm³/mol. The summed E-state index contributed by atoms with van der Waals surface area (Å²) in [6.45, 7) is 0. The maximum Gasteiger partial charge on any atom is 0.468 e. The lowest BCUT2D eigenvalue weighted by atomic mass is 10.4. The van der Waals surface area contributed by atoms with Crippen LogP contribution < -0.4 is 21.2 Å². The van der Waals surface area contributed by atoms with Gasteiger partial charge in [-0.25, -0.2) is 8.42 Å². The number of hydrogen-bond donors (Lipinski definition) is 0. The second-order valence-corrected chi connectivity index (χ2v) is 6.70. The highest BCUT2D eigenvalue weighted by molar-refractivity contribution is 7.86. The Balaban J connectivity index is 0.000000356. The zero-order chi connectivity index (χ0) is 15.3. The summed E-state index contributed by atoms with van der Waals surface area (Å²) in [7, 11) is -6.67. The van der Waals surface area contributed by atoms with Crippen molar-refractivity contribution in [3.63, 3.8) is 0 Å². The Labute approximate surface area is 116 Å². The first kappa shape index (κ1) is 18.5. The van der Waals surface area contributed by atoms with Crippen molar-refractivity contribution in [1.82, 2.24) is 0 Å². The number of rotatable bonds is 2. The highest BCUT2D eigenvalue weighted by atomic mass is 127. The van der Waals surface area contributed by atoms with Gasteiger partial charge in [-0.3, -0.25) is 0 Å². The van der Waals surface area contributed by atoms with Crippen molar-refractivity contribution in [2.45, 2.75) is 11.4 Å². The van der Waals surface area contributed by atoms with Crippen molar-refractivity contribution in [2.24, 2.45) is 0 Å². The van der Waals surface area contributed by atoms with E-state index in [1.54, 1.807) is 0 Å². The minimum Gasteiger partial charge on any atom is -0.743 e. The Morgan fingerprint density at radius 2 is 1.47 bits per heavy atom. The lowest BCUT2D eigenvalue weighted by Crippen LogP contribution is -3.60. The Kier molecular flexibility index (Phi) is 6.62. The molecule has 0 amide bonds. The van der Waals surface area contributed by atoms with E-state index < -0.39 is 21.5 Å². The van der Waals surface area contributed by atoms with Crippen molar-refractivity contribution >= 4 is 10.1 Å². The van der Waals surface area contributed by atoms with Gasteiger partial charge < -0.3 is 4.55 Å². The van der Waals surface area contributed by atoms with Crippen molar-refractivity contribution < 1.29 is 56.1 Å². The van der Waals surface area contributed by atoms with Gasteiger partial charge in [0.25, 0.3) is 0 Å². The fraction of sp³-hybridized carbons (Fsp3) is 0.333. The Morgan fingerprint density at radius 1 is 1.05 bits per heavy atom. The normalized spacial score (nSPS) is 12.6. The molecule has 110 valence electrons. The third-order valence-corrected chi connectivity index (χ3v) is 4.42. The van der Waals surface area contributed by atoms with Crippen LogP contribution in [-0.2, 0) is 10.1 Å². The molecule has 0 atom stereocenters. The average molecular weight is 418 g/mol. The van der Waals surface area contributed by atoms with Crippen molar-refractivity contribution in [3.05, 3.63) is 33.9 Å². The molecule has 0 fully saturated rings. The van der Waals surface area contributed by atoms with Crippen molar-refractivity contribution in [2.75, 3.05) is 4.93 Å². The summed E-state index contributed by atoms with van der Waals surface area (Å²) in [5.74, 6) is 0. The number of hydrogen-bond acceptors (Lipinski definition) is 3. The van der Waals surface area contributed by atoms with E-state index in [0.29, 0.717) is 21.2 Å². The summed E-state index contributed by atoms with van der Waals surface area (Å²) in [5, 5.41) is -6.21. The summed E-state index contributed by atoms with van der Waals surface area (Å²) >= 11 is 0.309. The van der Waals surface area contributed by atoms with E-state index >= 15 is 0 Å². The first-order valence-corrected chi connectivity index (χ1v) is 9.02. The van der Waals surface area contributed by atoms with Gasteiger partial charge in [-0.2, -0.15) is 22.0 Å². The lowest BCUT2D eigenvalue weighted by Gasteiger charge is -2.21. The van der Waals surface area contributed by atoms with Gasteiger partial charge >= 0.3 is 32.6 Å². The van der Waals surface area contributed by atoms with E-state index in [4.69, 9.17) is 0 Å². The van der Waals surface area contributed by atoms with Gasteiger partial charge in [-0.1, -0.05) is 18.2 Å². The van der Waals surface area contributed by atoms with Gasteiger partial charge in [-0.05, 0) is 12.1 Å². The molecule has 0 N–H and O–H groups in total. The highest BCUT2D eigenvalue weighted by Gasteiger charge is 2.63. The van der Waals surface area contributed by atoms with Crippen LogP contribution in [0.3, 0.4) is 0 Å². The van der Waals surface area contributed by atoms with E-state index in [-0.39, 0.29) is 0 Å². The maximum atomic E-state index is 11.4. The van der Waals surface area contributed by atoms with Crippen molar-refractivity contribution in [3.8, 4) is 0 Å². The molecule has 0 aliphatic heterocycles. The Bertz CT molecular complexity index is 486. The van der Waals surface area contributed by atoms with Gasteiger partial charge in [0.1, 0.15) is 4.93 Å². The monoisotopic (exact) mass is 418 g/mol. The van der Waals surface area contributed by atoms with Crippen LogP contribution in [0.5, 0.6) is 0 Å². The Morgan fingerprint density at radius 3 is 1.63 bits per heavy atom. The molecule has 3 nitrogen and oxygen atoms in total.